The molecule has 0 fully saturated rings. The molecule has 19 heteroatoms. The van der Waals surface area contributed by atoms with Crippen LogP contribution in [0.2, 0.25) is 0 Å². The number of ether oxygens (including phenoxy) is 4. The zero-order valence-electron chi connectivity index (χ0n) is 58.4. The molecule has 0 bridgehead atoms. The van der Waals surface area contributed by atoms with Gasteiger partial charge < -0.3 is 33.8 Å². The van der Waals surface area contributed by atoms with Crippen LogP contribution < -0.4 is 0 Å². The summed E-state index contributed by atoms with van der Waals surface area (Å²) in [6.07, 6.45) is 48.4. The van der Waals surface area contributed by atoms with Crippen molar-refractivity contribution in [2.45, 2.75) is 381 Å². The van der Waals surface area contributed by atoms with Crippen molar-refractivity contribution in [2.24, 2.45) is 11.8 Å². The molecule has 0 rings (SSSR count). The first kappa shape index (κ1) is 88.1. The molecule has 0 amide bonds. The summed E-state index contributed by atoms with van der Waals surface area (Å²) in [5.41, 5.74) is 0. The summed E-state index contributed by atoms with van der Waals surface area (Å²) in [6.45, 7) is 9.55. The van der Waals surface area contributed by atoms with Crippen LogP contribution in [0.4, 0.5) is 0 Å². The molecule has 0 heterocycles. The molecule has 0 aliphatic carbocycles. The molecule has 0 aromatic heterocycles. The second-order valence-corrected chi connectivity index (χ2v) is 29.3. The van der Waals surface area contributed by atoms with Crippen molar-refractivity contribution in [2.75, 3.05) is 39.6 Å². The fourth-order valence-electron chi connectivity index (χ4n) is 10.7. The van der Waals surface area contributed by atoms with E-state index in [0.29, 0.717) is 25.7 Å². The van der Waals surface area contributed by atoms with Crippen LogP contribution in [0.1, 0.15) is 363 Å². The zero-order valence-corrected chi connectivity index (χ0v) is 60.2. The summed E-state index contributed by atoms with van der Waals surface area (Å²) >= 11 is 0. The van der Waals surface area contributed by atoms with Crippen molar-refractivity contribution in [1.82, 2.24) is 0 Å². The zero-order chi connectivity index (χ0) is 66.5. The van der Waals surface area contributed by atoms with E-state index in [-0.39, 0.29) is 25.7 Å². The smallest absolute Gasteiger partial charge is 0.462 e. The van der Waals surface area contributed by atoms with Crippen molar-refractivity contribution in [1.29, 1.82) is 0 Å². The minimum Gasteiger partial charge on any atom is -0.462 e. The molecular weight excluding hydrogens is 1190 g/mol. The van der Waals surface area contributed by atoms with Crippen molar-refractivity contribution in [3.8, 4) is 0 Å². The number of unbranched alkanes of at least 4 members (excludes halogenated alkanes) is 39. The third-order valence-electron chi connectivity index (χ3n) is 16.8. The number of phosphoric ester groups is 2. The van der Waals surface area contributed by atoms with Crippen LogP contribution in [0.15, 0.2) is 0 Å². The molecular formula is C71H138O17P2. The van der Waals surface area contributed by atoms with E-state index >= 15 is 0 Å². The van der Waals surface area contributed by atoms with E-state index in [0.717, 1.165) is 102 Å². The number of carbonyl (C=O) groups excluding carboxylic acids is 4. The largest absolute Gasteiger partial charge is 0.472 e. The fraction of sp³-hybridized carbons (Fsp3) is 0.944. The SMILES string of the molecule is CCCCCCCCCCCCCCCCC(=O)OC[C@H](COP(=O)(O)OC[C@@H](O)COP(=O)(O)OC[C@@H](COC(=O)CCCCCCCCCCCC)OC(=O)CCCCCCCCCCC(C)CC)OC(=O)CCCCCCCCCCCCCC(C)C. The quantitative estimate of drug-likeness (QED) is 0.0222. The molecule has 0 aliphatic rings. The lowest BCUT2D eigenvalue weighted by molar-refractivity contribution is -0.161. The summed E-state index contributed by atoms with van der Waals surface area (Å²) in [4.78, 5) is 72.6. The molecule has 3 N–H and O–H groups in total. The maximum absolute atomic E-state index is 13.0. The van der Waals surface area contributed by atoms with Gasteiger partial charge in [0.25, 0.3) is 0 Å². The molecule has 0 aromatic carbocycles. The van der Waals surface area contributed by atoms with E-state index in [4.69, 9.17) is 37.0 Å². The van der Waals surface area contributed by atoms with Gasteiger partial charge in [0.2, 0.25) is 0 Å². The monoisotopic (exact) mass is 1320 g/mol. The van der Waals surface area contributed by atoms with E-state index < -0.39 is 97.5 Å². The standard InChI is InChI=1S/C71H138O17P2/c1-7-10-12-14-16-18-20-21-22-25-29-36-42-48-54-69(74)82-59-66(87-70(75)55-49-43-37-30-26-23-24-27-33-39-45-51-63(4)5)61-85-89(77,78)83-57-65(72)58-84-90(79,80)86-62-67(60-81-68(73)53-47-41-35-28-19-17-15-13-11-8-2)88-71(76)56-50-44-38-32-31-34-40-46-52-64(6)9-3/h63-67,72H,7-62H2,1-6H3,(H,77,78)(H,79,80)/t64?,65-,66-,67-/m1/s1. The first-order valence-corrected chi connectivity index (χ1v) is 40.0. The Morgan fingerprint density at radius 1 is 0.322 bits per heavy atom. The summed E-state index contributed by atoms with van der Waals surface area (Å²) in [7, 11) is -9.90. The highest BCUT2D eigenvalue weighted by molar-refractivity contribution is 7.47. The molecule has 17 nitrogen and oxygen atoms in total. The van der Waals surface area contributed by atoms with Gasteiger partial charge in [0.15, 0.2) is 12.2 Å². The number of rotatable bonds is 70. The molecule has 0 radical (unpaired) electrons. The lowest BCUT2D eigenvalue weighted by Gasteiger charge is -2.21. The number of hydrogen-bond acceptors (Lipinski definition) is 15. The molecule has 90 heavy (non-hydrogen) atoms. The number of aliphatic hydroxyl groups excluding tert-OH is 1. The molecule has 534 valence electrons. The first-order valence-electron chi connectivity index (χ1n) is 37.0. The summed E-state index contributed by atoms with van der Waals surface area (Å²) in [5.74, 6) is -0.588. The second kappa shape index (κ2) is 63.1. The molecule has 3 unspecified atom stereocenters. The lowest BCUT2D eigenvalue weighted by Crippen LogP contribution is -2.30. The Morgan fingerprint density at radius 2 is 0.567 bits per heavy atom. The van der Waals surface area contributed by atoms with Crippen molar-refractivity contribution < 1.29 is 80.2 Å². The van der Waals surface area contributed by atoms with Crippen LogP contribution in [-0.2, 0) is 65.4 Å². The van der Waals surface area contributed by atoms with Gasteiger partial charge in [0.1, 0.15) is 19.3 Å². The van der Waals surface area contributed by atoms with E-state index in [1.807, 2.05) is 0 Å². The molecule has 0 aromatic rings. The predicted octanol–water partition coefficient (Wildman–Crippen LogP) is 20.4. The molecule has 0 saturated heterocycles. The van der Waals surface area contributed by atoms with Crippen molar-refractivity contribution in [3.63, 3.8) is 0 Å². The van der Waals surface area contributed by atoms with Gasteiger partial charge >= 0.3 is 39.5 Å². The van der Waals surface area contributed by atoms with Crippen LogP contribution in [-0.4, -0.2) is 96.7 Å². The highest BCUT2D eigenvalue weighted by Crippen LogP contribution is 2.45. The van der Waals surface area contributed by atoms with Crippen molar-refractivity contribution >= 4 is 39.5 Å². The Kier molecular flexibility index (Phi) is 61.8. The van der Waals surface area contributed by atoms with E-state index in [9.17, 15) is 43.2 Å². The minimum absolute atomic E-state index is 0.105. The molecule has 6 atom stereocenters. The third kappa shape index (κ3) is 63.5. The molecule has 0 aliphatic heterocycles. The Morgan fingerprint density at radius 3 is 0.844 bits per heavy atom. The highest BCUT2D eigenvalue weighted by atomic mass is 31.2. The van der Waals surface area contributed by atoms with Gasteiger partial charge in [-0.15, -0.1) is 0 Å². The fourth-order valence-corrected chi connectivity index (χ4v) is 12.3. The van der Waals surface area contributed by atoms with E-state index in [1.165, 1.54) is 180 Å². The van der Waals surface area contributed by atoms with Crippen LogP contribution in [0.25, 0.3) is 0 Å². The number of phosphoric acid groups is 2. The minimum atomic E-state index is -4.95. The van der Waals surface area contributed by atoms with Crippen LogP contribution in [0.3, 0.4) is 0 Å². The third-order valence-corrected chi connectivity index (χ3v) is 18.7. The normalized spacial score (nSPS) is 14.4. The predicted molar refractivity (Wildman–Crippen MR) is 363 cm³/mol. The number of carbonyl (C=O) groups is 4. The van der Waals surface area contributed by atoms with E-state index in [2.05, 4.69) is 41.5 Å². The Hall–Kier alpha value is -1.94. The maximum atomic E-state index is 13.0. The Bertz CT molecular complexity index is 1750. The summed E-state index contributed by atoms with van der Waals surface area (Å²) < 4.78 is 68.3. The number of hydrogen-bond donors (Lipinski definition) is 3. The van der Waals surface area contributed by atoms with Gasteiger partial charge in [-0.2, -0.15) is 0 Å². The maximum Gasteiger partial charge on any atom is 0.472 e. The summed E-state index contributed by atoms with van der Waals surface area (Å²) in [5, 5.41) is 10.6. The first-order chi connectivity index (χ1) is 43.4. The van der Waals surface area contributed by atoms with Gasteiger partial charge in [0.05, 0.1) is 26.4 Å². The average molecular weight is 1330 g/mol. The topological polar surface area (TPSA) is 237 Å². The van der Waals surface area contributed by atoms with Gasteiger partial charge in [-0.1, -0.05) is 311 Å². The Labute approximate surface area is 549 Å². The van der Waals surface area contributed by atoms with Crippen molar-refractivity contribution in [3.05, 3.63) is 0 Å². The lowest BCUT2D eigenvalue weighted by atomic mass is 9.99. The molecule has 0 spiro atoms. The van der Waals surface area contributed by atoms with Gasteiger partial charge in [-0.05, 0) is 37.5 Å². The van der Waals surface area contributed by atoms with Gasteiger partial charge in [-0.25, -0.2) is 9.13 Å². The number of esters is 4. The van der Waals surface area contributed by atoms with E-state index in [1.54, 1.807) is 0 Å². The number of aliphatic hydroxyl groups is 1. The Balaban J connectivity index is 5.26. The molecule has 0 saturated carbocycles. The summed E-state index contributed by atoms with van der Waals surface area (Å²) in [6, 6.07) is 0. The van der Waals surface area contributed by atoms with Crippen LogP contribution in [0, 0.1) is 11.8 Å². The van der Waals surface area contributed by atoms with Crippen LogP contribution in [0.5, 0.6) is 0 Å². The van der Waals surface area contributed by atoms with Gasteiger partial charge in [0, 0.05) is 25.7 Å². The van der Waals surface area contributed by atoms with Gasteiger partial charge in [-0.3, -0.25) is 37.3 Å². The van der Waals surface area contributed by atoms with Crippen LogP contribution >= 0.6 is 15.6 Å². The highest BCUT2D eigenvalue weighted by Gasteiger charge is 2.30. The average Bonchev–Trinajstić information content (AvgIpc) is 3.68. The second-order valence-electron chi connectivity index (χ2n) is 26.3.